The molecular weight excluding hydrogens is 372 g/mol. The molecule has 0 bridgehead atoms. The van der Waals surface area contributed by atoms with E-state index in [-0.39, 0.29) is 0 Å². The second-order valence-corrected chi connectivity index (χ2v) is 7.46. The minimum atomic E-state index is 0.652. The summed E-state index contributed by atoms with van der Waals surface area (Å²) in [6.45, 7) is 1.81. The monoisotopic (exact) mass is 394 g/mol. The maximum absolute atomic E-state index is 6.28. The molecule has 0 unspecified atom stereocenters. The molecule has 3 aromatic rings. The van der Waals surface area contributed by atoms with E-state index in [0.29, 0.717) is 11.0 Å². The molecule has 0 amide bonds. The van der Waals surface area contributed by atoms with Gasteiger partial charge in [-0.3, -0.25) is 0 Å². The highest BCUT2D eigenvalue weighted by atomic mass is 35.5. The van der Waals surface area contributed by atoms with Gasteiger partial charge in [-0.05, 0) is 47.9 Å². The van der Waals surface area contributed by atoms with Crippen LogP contribution in [0.15, 0.2) is 42.6 Å². The van der Waals surface area contributed by atoms with Crippen molar-refractivity contribution < 1.29 is 4.74 Å². The summed E-state index contributed by atoms with van der Waals surface area (Å²) in [7, 11) is 5.58. The van der Waals surface area contributed by atoms with Gasteiger partial charge in [-0.1, -0.05) is 29.8 Å². The predicted molar refractivity (Wildman–Crippen MR) is 116 cm³/mol. The van der Waals surface area contributed by atoms with Crippen LogP contribution >= 0.6 is 11.6 Å². The van der Waals surface area contributed by atoms with Crippen LogP contribution in [0.25, 0.3) is 27.6 Å². The summed E-state index contributed by atoms with van der Waals surface area (Å²) < 4.78 is 5.87. The van der Waals surface area contributed by atoms with E-state index in [1.54, 1.807) is 7.11 Å². The SMILES string of the molecule is COc1c(C2=CCNCC2)cc(-c2cccc(Cl)c2)c2cnc(N(C)C)nc12. The fraction of sp³-hybridized carbons (Fsp3) is 0.273. The first-order valence-corrected chi connectivity index (χ1v) is 9.67. The first-order chi connectivity index (χ1) is 13.6. The van der Waals surface area contributed by atoms with Gasteiger partial charge in [0.1, 0.15) is 5.52 Å². The highest BCUT2D eigenvalue weighted by Gasteiger charge is 2.20. The Morgan fingerprint density at radius 1 is 1.18 bits per heavy atom. The quantitative estimate of drug-likeness (QED) is 0.710. The molecule has 1 aliphatic rings. The van der Waals surface area contributed by atoms with Crippen LogP contribution in [0.3, 0.4) is 0 Å². The second kappa shape index (κ2) is 7.78. The molecule has 0 radical (unpaired) electrons. The van der Waals surface area contributed by atoms with Gasteiger partial charge in [0, 0.05) is 42.8 Å². The third-order valence-electron chi connectivity index (χ3n) is 4.96. The van der Waals surface area contributed by atoms with Crippen molar-refractivity contribution in [2.75, 3.05) is 39.2 Å². The number of hydrogen-bond donors (Lipinski definition) is 1. The average molecular weight is 395 g/mol. The maximum atomic E-state index is 6.28. The third kappa shape index (κ3) is 3.43. The summed E-state index contributed by atoms with van der Waals surface area (Å²) in [4.78, 5) is 11.3. The maximum Gasteiger partial charge on any atom is 0.225 e. The van der Waals surface area contributed by atoms with Gasteiger partial charge in [-0.15, -0.1) is 0 Å². The number of ether oxygens (including phenoxy) is 1. The molecule has 144 valence electrons. The van der Waals surface area contributed by atoms with Crippen LogP contribution in [-0.4, -0.2) is 44.3 Å². The summed E-state index contributed by atoms with van der Waals surface area (Å²) >= 11 is 6.28. The minimum Gasteiger partial charge on any atom is -0.494 e. The van der Waals surface area contributed by atoms with Crippen molar-refractivity contribution in [1.82, 2.24) is 15.3 Å². The van der Waals surface area contributed by atoms with Gasteiger partial charge < -0.3 is 15.0 Å². The molecule has 0 aliphatic carbocycles. The van der Waals surface area contributed by atoms with E-state index in [2.05, 4.69) is 28.5 Å². The molecule has 0 spiro atoms. The molecule has 2 heterocycles. The number of anilines is 1. The van der Waals surface area contributed by atoms with Crippen molar-refractivity contribution >= 4 is 34.0 Å². The number of methoxy groups -OCH3 is 1. The number of rotatable bonds is 4. The lowest BCUT2D eigenvalue weighted by Gasteiger charge is -2.21. The average Bonchev–Trinajstić information content (AvgIpc) is 2.72. The van der Waals surface area contributed by atoms with Gasteiger partial charge in [-0.25, -0.2) is 9.97 Å². The number of nitrogens with one attached hydrogen (secondary N) is 1. The van der Waals surface area contributed by atoms with Crippen molar-refractivity contribution in [2.24, 2.45) is 0 Å². The van der Waals surface area contributed by atoms with E-state index in [0.717, 1.165) is 52.9 Å². The molecule has 0 saturated carbocycles. The number of benzene rings is 2. The zero-order chi connectivity index (χ0) is 19.7. The fourth-order valence-corrected chi connectivity index (χ4v) is 3.77. The summed E-state index contributed by atoms with van der Waals surface area (Å²) in [6, 6.07) is 10.1. The number of hydrogen-bond acceptors (Lipinski definition) is 5. The number of aromatic nitrogens is 2. The van der Waals surface area contributed by atoms with E-state index in [9.17, 15) is 0 Å². The standard InChI is InChI=1S/C22H23ClN4O/c1-27(2)22-25-13-19-17(15-5-4-6-16(23)11-15)12-18(14-7-9-24-10-8-14)21(28-3)20(19)26-22/h4-7,11-13,24H,8-10H2,1-3H3. The van der Waals surface area contributed by atoms with Crippen LogP contribution < -0.4 is 15.0 Å². The van der Waals surface area contributed by atoms with E-state index in [1.165, 1.54) is 5.57 Å². The van der Waals surface area contributed by atoms with Crippen LogP contribution in [0.4, 0.5) is 5.95 Å². The highest BCUT2D eigenvalue weighted by Crippen LogP contribution is 2.41. The van der Waals surface area contributed by atoms with E-state index in [4.69, 9.17) is 21.3 Å². The Bertz CT molecular complexity index is 1060. The van der Waals surface area contributed by atoms with Gasteiger partial charge in [0.15, 0.2) is 5.75 Å². The highest BCUT2D eigenvalue weighted by molar-refractivity contribution is 6.31. The Morgan fingerprint density at radius 2 is 2.04 bits per heavy atom. The topological polar surface area (TPSA) is 50.3 Å². The van der Waals surface area contributed by atoms with E-state index >= 15 is 0 Å². The summed E-state index contributed by atoms with van der Waals surface area (Å²) in [5.74, 6) is 1.44. The zero-order valence-electron chi connectivity index (χ0n) is 16.3. The van der Waals surface area contributed by atoms with Crippen LogP contribution in [0.5, 0.6) is 5.75 Å². The minimum absolute atomic E-state index is 0.652. The number of fused-ring (bicyclic) bond motifs is 1. The first kappa shape index (κ1) is 18.7. The van der Waals surface area contributed by atoms with Gasteiger partial charge >= 0.3 is 0 Å². The molecule has 0 saturated heterocycles. The van der Waals surface area contributed by atoms with Gasteiger partial charge in [-0.2, -0.15) is 0 Å². The smallest absolute Gasteiger partial charge is 0.225 e. The lowest BCUT2D eigenvalue weighted by atomic mass is 9.92. The van der Waals surface area contributed by atoms with Gasteiger partial charge in [0.25, 0.3) is 0 Å². The van der Waals surface area contributed by atoms with Crippen molar-refractivity contribution in [3.05, 3.63) is 53.2 Å². The van der Waals surface area contributed by atoms with Crippen LogP contribution in [-0.2, 0) is 0 Å². The Labute approximate surface area is 170 Å². The van der Waals surface area contributed by atoms with Crippen LogP contribution in [0.2, 0.25) is 5.02 Å². The molecule has 5 nitrogen and oxygen atoms in total. The summed E-state index contributed by atoms with van der Waals surface area (Å²) in [6.07, 6.45) is 5.04. The van der Waals surface area contributed by atoms with E-state index in [1.807, 2.05) is 43.4 Å². The van der Waals surface area contributed by atoms with Gasteiger partial charge in [0.2, 0.25) is 5.95 Å². The molecule has 0 atom stereocenters. The van der Waals surface area contributed by atoms with Crippen molar-refractivity contribution in [3.8, 4) is 16.9 Å². The molecule has 0 fully saturated rings. The normalized spacial score (nSPS) is 14.1. The Kier molecular flexibility index (Phi) is 5.20. The second-order valence-electron chi connectivity index (χ2n) is 7.03. The molecule has 4 rings (SSSR count). The number of halogens is 1. The fourth-order valence-electron chi connectivity index (χ4n) is 3.58. The molecular formula is C22H23ClN4O. The van der Waals surface area contributed by atoms with Crippen LogP contribution in [0.1, 0.15) is 12.0 Å². The van der Waals surface area contributed by atoms with Crippen molar-refractivity contribution in [2.45, 2.75) is 6.42 Å². The largest absolute Gasteiger partial charge is 0.494 e. The molecule has 2 aromatic carbocycles. The Hall–Kier alpha value is -2.63. The number of nitrogens with zero attached hydrogens (tertiary/aromatic N) is 3. The lowest BCUT2D eigenvalue weighted by Crippen LogP contribution is -2.20. The summed E-state index contributed by atoms with van der Waals surface area (Å²) in [5.41, 5.74) is 5.25. The molecule has 6 heteroatoms. The van der Waals surface area contributed by atoms with E-state index < -0.39 is 0 Å². The molecule has 1 N–H and O–H groups in total. The lowest BCUT2D eigenvalue weighted by molar-refractivity contribution is 0.417. The molecule has 28 heavy (non-hydrogen) atoms. The first-order valence-electron chi connectivity index (χ1n) is 9.29. The Balaban J connectivity index is 2.06. The summed E-state index contributed by atoms with van der Waals surface area (Å²) in [5, 5.41) is 5.02. The van der Waals surface area contributed by atoms with Crippen LogP contribution in [0, 0.1) is 0 Å². The molecule has 1 aliphatic heterocycles. The van der Waals surface area contributed by atoms with Gasteiger partial charge in [0.05, 0.1) is 7.11 Å². The third-order valence-corrected chi connectivity index (χ3v) is 5.20. The predicted octanol–water partition coefficient (Wildman–Crippen LogP) is 4.40. The zero-order valence-corrected chi connectivity index (χ0v) is 17.0. The Morgan fingerprint density at radius 3 is 2.71 bits per heavy atom. The van der Waals surface area contributed by atoms with Crippen molar-refractivity contribution in [1.29, 1.82) is 0 Å². The van der Waals surface area contributed by atoms with Crippen molar-refractivity contribution in [3.63, 3.8) is 0 Å². The molecule has 1 aromatic heterocycles.